The predicted molar refractivity (Wildman–Crippen MR) is 84.5 cm³/mol. The molecule has 0 radical (unpaired) electrons. The summed E-state index contributed by atoms with van der Waals surface area (Å²) in [5, 5.41) is 3.37. The standard InChI is InChI=1S/C17H28N2O/c1-5-15(4)18-12-11-17(20)19(14(2)3)13-16-9-7-6-8-10-16/h6-10,14-15,18H,5,11-13H2,1-4H3. The molecule has 0 fully saturated rings. The van der Waals surface area contributed by atoms with Gasteiger partial charge < -0.3 is 10.2 Å². The van der Waals surface area contributed by atoms with Crippen molar-refractivity contribution < 1.29 is 4.79 Å². The Balaban J connectivity index is 2.51. The quantitative estimate of drug-likeness (QED) is 0.791. The first-order chi connectivity index (χ1) is 9.54. The first kappa shape index (κ1) is 16.7. The summed E-state index contributed by atoms with van der Waals surface area (Å²) in [7, 11) is 0. The van der Waals surface area contributed by atoms with Crippen molar-refractivity contribution in [3.63, 3.8) is 0 Å². The molecule has 1 amide bonds. The lowest BCUT2D eigenvalue weighted by atomic mass is 10.1. The average molecular weight is 276 g/mol. The fourth-order valence-electron chi connectivity index (χ4n) is 2.05. The van der Waals surface area contributed by atoms with Gasteiger partial charge in [0.1, 0.15) is 0 Å². The maximum absolute atomic E-state index is 12.3. The molecule has 0 heterocycles. The smallest absolute Gasteiger partial charge is 0.224 e. The van der Waals surface area contributed by atoms with E-state index in [2.05, 4.69) is 45.1 Å². The molecule has 0 aromatic heterocycles. The van der Waals surface area contributed by atoms with Crippen molar-refractivity contribution in [2.24, 2.45) is 0 Å². The highest BCUT2D eigenvalue weighted by atomic mass is 16.2. The summed E-state index contributed by atoms with van der Waals surface area (Å²) in [5.74, 6) is 0.222. The van der Waals surface area contributed by atoms with Crippen molar-refractivity contribution in [1.29, 1.82) is 0 Å². The van der Waals surface area contributed by atoms with Crippen LogP contribution in [0.1, 0.15) is 46.1 Å². The molecule has 0 aliphatic carbocycles. The first-order valence-electron chi connectivity index (χ1n) is 7.61. The summed E-state index contributed by atoms with van der Waals surface area (Å²) in [6.07, 6.45) is 1.65. The first-order valence-corrected chi connectivity index (χ1v) is 7.61. The molecule has 0 aliphatic rings. The molecular formula is C17H28N2O. The van der Waals surface area contributed by atoms with Crippen molar-refractivity contribution in [2.75, 3.05) is 6.54 Å². The van der Waals surface area contributed by atoms with Gasteiger partial charge in [0.05, 0.1) is 0 Å². The van der Waals surface area contributed by atoms with Crippen LogP contribution in [0.25, 0.3) is 0 Å². The number of amides is 1. The number of benzene rings is 1. The SMILES string of the molecule is CCC(C)NCCC(=O)N(Cc1ccccc1)C(C)C. The molecule has 0 bridgehead atoms. The molecule has 3 nitrogen and oxygen atoms in total. The minimum absolute atomic E-state index is 0.222. The van der Waals surface area contributed by atoms with Crippen molar-refractivity contribution in [3.05, 3.63) is 35.9 Å². The number of hydrogen-bond acceptors (Lipinski definition) is 2. The fraction of sp³-hybridized carbons (Fsp3) is 0.588. The van der Waals surface area contributed by atoms with Crippen LogP contribution < -0.4 is 5.32 Å². The van der Waals surface area contributed by atoms with Crippen molar-refractivity contribution in [3.8, 4) is 0 Å². The number of rotatable bonds is 8. The normalized spacial score (nSPS) is 12.4. The number of nitrogens with one attached hydrogen (secondary N) is 1. The Hall–Kier alpha value is -1.35. The van der Waals surface area contributed by atoms with E-state index >= 15 is 0 Å². The Morgan fingerprint density at radius 3 is 2.40 bits per heavy atom. The van der Waals surface area contributed by atoms with Crippen LogP contribution in [-0.2, 0) is 11.3 Å². The highest BCUT2D eigenvalue weighted by molar-refractivity contribution is 5.76. The molecule has 0 spiro atoms. The summed E-state index contributed by atoms with van der Waals surface area (Å²) in [6, 6.07) is 10.9. The van der Waals surface area contributed by atoms with Gasteiger partial charge in [0.2, 0.25) is 5.91 Å². The van der Waals surface area contributed by atoms with Crippen LogP contribution in [0.5, 0.6) is 0 Å². The van der Waals surface area contributed by atoms with Crippen LogP contribution in [0.3, 0.4) is 0 Å². The highest BCUT2D eigenvalue weighted by Crippen LogP contribution is 2.09. The van der Waals surface area contributed by atoms with E-state index in [9.17, 15) is 4.79 Å². The maximum atomic E-state index is 12.3. The predicted octanol–water partition coefficient (Wildman–Crippen LogP) is 3.20. The van der Waals surface area contributed by atoms with Crippen molar-refractivity contribution in [2.45, 2.75) is 59.2 Å². The van der Waals surface area contributed by atoms with E-state index in [-0.39, 0.29) is 11.9 Å². The molecule has 0 aliphatic heterocycles. The van der Waals surface area contributed by atoms with Crippen LogP contribution in [-0.4, -0.2) is 29.4 Å². The Morgan fingerprint density at radius 1 is 1.20 bits per heavy atom. The van der Waals surface area contributed by atoms with Gasteiger partial charge in [0, 0.05) is 31.6 Å². The number of carbonyl (C=O) groups excluding carboxylic acids is 1. The molecule has 112 valence electrons. The molecule has 1 N–H and O–H groups in total. The van der Waals surface area contributed by atoms with E-state index in [1.54, 1.807) is 0 Å². The fourth-order valence-corrected chi connectivity index (χ4v) is 2.05. The van der Waals surface area contributed by atoms with Gasteiger partial charge in [0.25, 0.3) is 0 Å². The Labute approximate surface area is 123 Å². The minimum atomic E-state index is 0.222. The van der Waals surface area contributed by atoms with E-state index < -0.39 is 0 Å². The van der Waals surface area contributed by atoms with Gasteiger partial charge in [-0.15, -0.1) is 0 Å². The van der Waals surface area contributed by atoms with Gasteiger partial charge in [-0.25, -0.2) is 0 Å². The second-order valence-corrected chi connectivity index (χ2v) is 5.61. The zero-order chi connectivity index (χ0) is 15.0. The minimum Gasteiger partial charge on any atom is -0.336 e. The Kier molecular flexibility index (Phi) is 7.31. The zero-order valence-corrected chi connectivity index (χ0v) is 13.2. The Morgan fingerprint density at radius 2 is 1.85 bits per heavy atom. The lowest BCUT2D eigenvalue weighted by Crippen LogP contribution is -2.38. The molecule has 1 aromatic rings. The molecule has 1 aromatic carbocycles. The molecule has 1 atom stereocenters. The molecule has 1 unspecified atom stereocenters. The third-order valence-corrected chi connectivity index (χ3v) is 3.58. The molecule has 0 saturated heterocycles. The second-order valence-electron chi connectivity index (χ2n) is 5.61. The molecule has 3 heteroatoms. The highest BCUT2D eigenvalue weighted by Gasteiger charge is 2.16. The second kappa shape index (κ2) is 8.75. The third-order valence-electron chi connectivity index (χ3n) is 3.58. The molecular weight excluding hydrogens is 248 g/mol. The summed E-state index contributed by atoms with van der Waals surface area (Å²) < 4.78 is 0. The Bertz CT molecular complexity index is 389. The number of carbonyl (C=O) groups is 1. The van der Waals surface area contributed by atoms with Crippen LogP contribution in [0.15, 0.2) is 30.3 Å². The topological polar surface area (TPSA) is 32.3 Å². The lowest BCUT2D eigenvalue weighted by Gasteiger charge is -2.27. The van der Waals surface area contributed by atoms with E-state index in [1.165, 1.54) is 5.56 Å². The third kappa shape index (κ3) is 5.74. The summed E-state index contributed by atoms with van der Waals surface area (Å²) in [6.45, 7) is 9.89. The maximum Gasteiger partial charge on any atom is 0.224 e. The van der Waals surface area contributed by atoms with Crippen LogP contribution in [0.4, 0.5) is 0 Å². The van der Waals surface area contributed by atoms with Gasteiger partial charge in [-0.1, -0.05) is 37.3 Å². The number of hydrogen-bond donors (Lipinski definition) is 1. The van der Waals surface area contributed by atoms with Crippen LogP contribution in [0.2, 0.25) is 0 Å². The van der Waals surface area contributed by atoms with Crippen LogP contribution in [0, 0.1) is 0 Å². The van der Waals surface area contributed by atoms with Crippen LogP contribution >= 0.6 is 0 Å². The molecule has 1 rings (SSSR count). The van der Waals surface area contributed by atoms with Gasteiger partial charge in [0.15, 0.2) is 0 Å². The van der Waals surface area contributed by atoms with Gasteiger partial charge in [-0.3, -0.25) is 4.79 Å². The van der Waals surface area contributed by atoms with Crippen molar-refractivity contribution >= 4 is 5.91 Å². The number of nitrogens with zero attached hydrogens (tertiary/aromatic N) is 1. The van der Waals surface area contributed by atoms with Crippen molar-refractivity contribution in [1.82, 2.24) is 10.2 Å². The lowest BCUT2D eigenvalue weighted by molar-refractivity contribution is -0.133. The van der Waals surface area contributed by atoms with E-state index in [0.29, 0.717) is 19.0 Å². The van der Waals surface area contributed by atoms with Gasteiger partial charge in [-0.2, -0.15) is 0 Å². The van der Waals surface area contributed by atoms with E-state index in [1.807, 2.05) is 23.1 Å². The summed E-state index contributed by atoms with van der Waals surface area (Å²) in [4.78, 5) is 14.3. The largest absolute Gasteiger partial charge is 0.336 e. The average Bonchev–Trinajstić information content (AvgIpc) is 2.45. The summed E-state index contributed by atoms with van der Waals surface area (Å²) in [5.41, 5.74) is 1.18. The molecule has 0 saturated carbocycles. The van der Waals surface area contributed by atoms with E-state index in [4.69, 9.17) is 0 Å². The van der Waals surface area contributed by atoms with E-state index in [0.717, 1.165) is 13.0 Å². The monoisotopic (exact) mass is 276 g/mol. The van der Waals surface area contributed by atoms with Gasteiger partial charge in [-0.05, 0) is 32.8 Å². The zero-order valence-electron chi connectivity index (χ0n) is 13.2. The molecule has 20 heavy (non-hydrogen) atoms. The van der Waals surface area contributed by atoms with Gasteiger partial charge >= 0.3 is 0 Å². The summed E-state index contributed by atoms with van der Waals surface area (Å²) >= 11 is 0.